The fourth-order valence-electron chi connectivity index (χ4n) is 3.99. The zero-order chi connectivity index (χ0) is 20.1. The van der Waals surface area contributed by atoms with Crippen LogP contribution in [0, 0.1) is 5.92 Å². The molecule has 1 unspecified atom stereocenters. The number of benzene rings is 1. The molecule has 0 bridgehead atoms. The van der Waals surface area contributed by atoms with Crippen LogP contribution in [0.5, 0.6) is 0 Å². The average Bonchev–Trinajstić information content (AvgIpc) is 2.68. The zero-order valence-corrected chi connectivity index (χ0v) is 17.1. The van der Waals surface area contributed by atoms with Gasteiger partial charge in [0.1, 0.15) is 0 Å². The van der Waals surface area contributed by atoms with Crippen LogP contribution in [0.15, 0.2) is 24.3 Å². The van der Waals surface area contributed by atoms with E-state index in [1.807, 2.05) is 0 Å². The average molecular weight is 408 g/mol. The molecule has 2 amide bonds. The van der Waals surface area contributed by atoms with E-state index in [4.69, 9.17) is 0 Å². The number of nitrogens with one attached hydrogen (secondary N) is 2. The largest absolute Gasteiger partial charge is 0.349 e. The normalized spacial score (nSPS) is 21.8. The molecule has 1 saturated carbocycles. The van der Waals surface area contributed by atoms with Gasteiger partial charge in [0.25, 0.3) is 5.91 Å². The maximum absolute atomic E-state index is 12.7. The number of sulfonamides is 1. The molecule has 1 aliphatic heterocycles. The molecule has 0 aromatic heterocycles. The van der Waals surface area contributed by atoms with Crippen LogP contribution in [-0.4, -0.2) is 49.9 Å². The Bertz CT molecular complexity index is 818. The van der Waals surface area contributed by atoms with Crippen molar-refractivity contribution in [2.45, 2.75) is 51.0 Å². The van der Waals surface area contributed by atoms with Crippen LogP contribution >= 0.6 is 0 Å². The third-order valence-corrected chi connectivity index (χ3v) is 6.86. The van der Waals surface area contributed by atoms with Gasteiger partial charge in [0, 0.05) is 19.1 Å². The first kappa shape index (κ1) is 20.8. The van der Waals surface area contributed by atoms with Crippen molar-refractivity contribution >= 4 is 27.5 Å². The summed E-state index contributed by atoms with van der Waals surface area (Å²) in [5.41, 5.74) is 0.912. The van der Waals surface area contributed by atoms with Crippen LogP contribution in [0.4, 0.5) is 5.69 Å². The van der Waals surface area contributed by atoms with Crippen molar-refractivity contribution in [1.82, 2.24) is 9.62 Å². The van der Waals surface area contributed by atoms with Crippen molar-refractivity contribution in [2.75, 3.05) is 24.7 Å². The van der Waals surface area contributed by atoms with Crippen LogP contribution < -0.4 is 10.6 Å². The fraction of sp³-hybridized carbons (Fsp3) is 0.600. The predicted molar refractivity (Wildman–Crippen MR) is 109 cm³/mol. The van der Waals surface area contributed by atoms with E-state index in [1.165, 1.54) is 10.7 Å². The van der Waals surface area contributed by atoms with Crippen LogP contribution in [0.25, 0.3) is 0 Å². The van der Waals surface area contributed by atoms with Crippen LogP contribution in [-0.2, 0) is 14.8 Å². The molecule has 8 heteroatoms. The van der Waals surface area contributed by atoms with E-state index in [0.29, 0.717) is 30.6 Å². The Morgan fingerprint density at radius 1 is 1.04 bits per heavy atom. The van der Waals surface area contributed by atoms with Gasteiger partial charge in [0.15, 0.2) is 0 Å². The Kier molecular flexibility index (Phi) is 6.72. The lowest BCUT2D eigenvalue weighted by Gasteiger charge is -2.30. The number of hydrogen-bond donors (Lipinski definition) is 2. The molecule has 2 N–H and O–H groups in total. The molecule has 7 nitrogen and oxygen atoms in total. The van der Waals surface area contributed by atoms with E-state index in [0.717, 1.165) is 31.9 Å². The van der Waals surface area contributed by atoms with Gasteiger partial charge in [-0.1, -0.05) is 31.4 Å². The lowest BCUT2D eigenvalue weighted by Crippen LogP contribution is -2.43. The molecule has 28 heavy (non-hydrogen) atoms. The smallest absolute Gasteiger partial charge is 0.253 e. The van der Waals surface area contributed by atoms with Gasteiger partial charge < -0.3 is 10.6 Å². The summed E-state index contributed by atoms with van der Waals surface area (Å²) in [5.74, 6) is -0.839. The van der Waals surface area contributed by atoms with Gasteiger partial charge in [-0.05, 0) is 37.8 Å². The van der Waals surface area contributed by atoms with E-state index >= 15 is 0 Å². The summed E-state index contributed by atoms with van der Waals surface area (Å²) in [5, 5.41) is 5.93. The predicted octanol–water partition coefficient (Wildman–Crippen LogP) is 2.36. The molecule has 1 aliphatic carbocycles. The number of rotatable bonds is 5. The number of amides is 2. The Balaban J connectivity index is 1.67. The highest BCUT2D eigenvalue weighted by molar-refractivity contribution is 7.88. The third-order valence-electron chi connectivity index (χ3n) is 5.59. The van der Waals surface area contributed by atoms with Gasteiger partial charge >= 0.3 is 0 Å². The minimum atomic E-state index is -3.31. The van der Waals surface area contributed by atoms with Gasteiger partial charge in [-0.15, -0.1) is 0 Å². The van der Waals surface area contributed by atoms with Crippen LogP contribution in [0.3, 0.4) is 0 Å². The fourth-order valence-corrected chi connectivity index (χ4v) is 4.90. The number of anilines is 1. The van der Waals surface area contributed by atoms with Gasteiger partial charge in [-0.25, -0.2) is 12.7 Å². The molecule has 1 atom stereocenters. The molecule has 2 fully saturated rings. The lowest BCUT2D eigenvalue weighted by molar-refractivity contribution is -0.120. The monoisotopic (exact) mass is 407 g/mol. The minimum Gasteiger partial charge on any atom is -0.349 e. The molecule has 0 spiro atoms. The number of carbonyl (C=O) groups excluding carboxylic acids is 2. The lowest BCUT2D eigenvalue weighted by atomic mass is 9.95. The zero-order valence-electron chi connectivity index (χ0n) is 16.3. The molecule has 154 valence electrons. The number of carbonyl (C=O) groups is 2. The molecule has 1 heterocycles. The van der Waals surface area contributed by atoms with Crippen molar-refractivity contribution in [1.29, 1.82) is 0 Å². The van der Waals surface area contributed by atoms with Crippen molar-refractivity contribution in [3.8, 4) is 0 Å². The highest BCUT2D eigenvalue weighted by Gasteiger charge is 2.30. The number of para-hydroxylation sites is 1. The number of nitrogens with zero attached hydrogens (tertiary/aromatic N) is 1. The molecule has 1 saturated heterocycles. The summed E-state index contributed by atoms with van der Waals surface area (Å²) < 4.78 is 24.9. The van der Waals surface area contributed by atoms with Gasteiger partial charge in [-0.2, -0.15) is 0 Å². The van der Waals surface area contributed by atoms with Crippen LogP contribution in [0.2, 0.25) is 0 Å². The quantitative estimate of drug-likeness (QED) is 0.783. The Morgan fingerprint density at radius 2 is 1.75 bits per heavy atom. The van der Waals surface area contributed by atoms with E-state index in [2.05, 4.69) is 10.6 Å². The van der Waals surface area contributed by atoms with Gasteiger partial charge in [-0.3, -0.25) is 9.59 Å². The summed E-state index contributed by atoms with van der Waals surface area (Å²) in [4.78, 5) is 25.5. The van der Waals surface area contributed by atoms with E-state index in [9.17, 15) is 18.0 Å². The maximum atomic E-state index is 12.7. The summed E-state index contributed by atoms with van der Waals surface area (Å²) in [6.07, 6.45) is 7.89. The Labute approximate surface area is 166 Å². The summed E-state index contributed by atoms with van der Waals surface area (Å²) >= 11 is 0. The molecular formula is C20H29N3O4S. The number of piperidine rings is 1. The Hall–Kier alpha value is -1.93. The van der Waals surface area contributed by atoms with Crippen LogP contribution in [0.1, 0.15) is 55.3 Å². The first-order chi connectivity index (χ1) is 13.3. The van der Waals surface area contributed by atoms with Crippen molar-refractivity contribution in [3.63, 3.8) is 0 Å². The second kappa shape index (κ2) is 9.05. The molecule has 2 aliphatic rings. The molecule has 3 rings (SSSR count). The van der Waals surface area contributed by atoms with Gasteiger partial charge in [0.05, 0.1) is 23.4 Å². The topological polar surface area (TPSA) is 95.6 Å². The van der Waals surface area contributed by atoms with Crippen molar-refractivity contribution in [3.05, 3.63) is 29.8 Å². The third kappa shape index (κ3) is 5.32. The Morgan fingerprint density at radius 3 is 2.46 bits per heavy atom. The van der Waals surface area contributed by atoms with E-state index < -0.39 is 15.9 Å². The molecule has 1 aromatic rings. The standard InChI is InChI=1S/C20H29N3O4S/c1-28(26,27)23-13-7-8-15(14-23)19(24)22-18-12-6-5-11-17(18)20(25)21-16-9-3-2-4-10-16/h5-6,11-12,15-16H,2-4,7-10,13-14H2,1H3,(H,21,25)(H,22,24). The number of hydrogen-bond acceptors (Lipinski definition) is 4. The highest BCUT2D eigenvalue weighted by Crippen LogP contribution is 2.23. The maximum Gasteiger partial charge on any atom is 0.253 e. The molecule has 1 aromatic carbocycles. The van der Waals surface area contributed by atoms with Crippen molar-refractivity contribution in [2.24, 2.45) is 5.92 Å². The second-order valence-electron chi connectivity index (χ2n) is 7.80. The second-order valence-corrected chi connectivity index (χ2v) is 9.79. The molecular weight excluding hydrogens is 378 g/mol. The summed E-state index contributed by atoms with van der Waals surface area (Å²) in [7, 11) is -3.31. The first-order valence-corrected chi connectivity index (χ1v) is 11.9. The SMILES string of the molecule is CS(=O)(=O)N1CCCC(C(=O)Nc2ccccc2C(=O)NC2CCCCC2)C1. The molecule has 0 radical (unpaired) electrons. The highest BCUT2D eigenvalue weighted by atomic mass is 32.2. The summed E-state index contributed by atoms with van der Waals surface area (Å²) in [6, 6.07) is 7.16. The van der Waals surface area contributed by atoms with E-state index in [-0.39, 0.29) is 24.4 Å². The first-order valence-electron chi connectivity index (χ1n) is 10.0. The summed E-state index contributed by atoms with van der Waals surface area (Å²) in [6.45, 7) is 0.629. The minimum absolute atomic E-state index is 0.177. The van der Waals surface area contributed by atoms with Gasteiger partial charge in [0.2, 0.25) is 15.9 Å². The van der Waals surface area contributed by atoms with Crippen molar-refractivity contribution < 1.29 is 18.0 Å². The van der Waals surface area contributed by atoms with E-state index in [1.54, 1.807) is 24.3 Å².